The second kappa shape index (κ2) is 12.4. The van der Waals surface area contributed by atoms with Gasteiger partial charge in [0.1, 0.15) is 18.9 Å². The van der Waals surface area contributed by atoms with Gasteiger partial charge in [0.05, 0.1) is 24.8 Å². The number of carbonyl (C=O) groups excluding carboxylic acids is 1. The van der Waals surface area contributed by atoms with E-state index in [1.807, 2.05) is 37.3 Å². The lowest BCUT2D eigenvalue weighted by Crippen LogP contribution is -2.38. The van der Waals surface area contributed by atoms with Gasteiger partial charge in [-0.2, -0.15) is 0 Å². The Morgan fingerprint density at radius 2 is 1.49 bits per heavy atom. The Morgan fingerprint density at radius 3 is 2.13 bits per heavy atom. The summed E-state index contributed by atoms with van der Waals surface area (Å²) in [6, 6.07) is 27.9. The number of nitrogens with one attached hydrogen (secondary N) is 1. The number of benzene rings is 4. The van der Waals surface area contributed by atoms with Gasteiger partial charge in [-0.05, 0) is 61.0 Å². The maximum absolute atomic E-state index is 13.7. The molecule has 8 nitrogen and oxygen atoms in total. The van der Waals surface area contributed by atoms with Gasteiger partial charge in [0.15, 0.2) is 11.5 Å². The second-order valence-corrected chi connectivity index (χ2v) is 10.6. The van der Waals surface area contributed by atoms with Gasteiger partial charge in [-0.3, -0.25) is 9.10 Å². The summed E-state index contributed by atoms with van der Waals surface area (Å²) in [6.07, 6.45) is 0. The van der Waals surface area contributed by atoms with E-state index in [0.29, 0.717) is 29.5 Å². The van der Waals surface area contributed by atoms with Gasteiger partial charge in [0, 0.05) is 11.8 Å². The van der Waals surface area contributed by atoms with Crippen LogP contribution in [0.2, 0.25) is 0 Å². The average molecular weight is 547 g/mol. The fourth-order valence-electron chi connectivity index (χ4n) is 3.84. The average Bonchev–Trinajstić information content (AvgIpc) is 2.96. The zero-order chi connectivity index (χ0) is 27.8. The first-order chi connectivity index (χ1) is 18.8. The molecule has 0 heterocycles. The van der Waals surface area contributed by atoms with Crippen molar-refractivity contribution in [2.75, 3.05) is 30.4 Å². The standard InChI is InChI=1S/C30H30N2O6S/c1-22-9-13-25(14-10-22)32(39(34,35)27-17-18-28(36-2)29(19-27)37-3)20-30(33)31-24-11-15-26(16-12-24)38-21-23-7-5-4-6-8-23/h4-19H,20-21H2,1-3H3,(H,31,33). The molecule has 0 spiro atoms. The molecule has 0 saturated heterocycles. The van der Waals surface area contributed by atoms with Crippen LogP contribution in [0.15, 0.2) is 102 Å². The zero-order valence-corrected chi connectivity index (χ0v) is 22.8. The molecular weight excluding hydrogens is 516 g/mol. The van der Waals surface area contributed by atoms with Crippen molar-refractivity contribution in [3.8, 4) is 17.2 Å². The lowest BCUT2D eigenvalue weighted by Gasteiger charge is -2.24. The predicted octanol–water partition coefficient (Wildman–Crippen LogP) is 5.43. The first kappa shape index (κ1) is 27.5. The molecular formula is C30H30N2O6S. The molecule has 0 fully saturated rings. The van der Waals surface area contributed by atoms with Crippen molar-refractivity contribution < 1.29 is 27.4 Å². The Bertz CT molecular complexity index is 1510. The van der Waals surface area contributed by atoms with Crippen LogP contribution in [0.5, 0.6) is 17.2 Å². The minimum atomic E-state index is -4.14. The first-order valence-electron chi connectivity index (χ1n) is 12.2. The van der Waals surface area contributed by atoms with Gasteiger partial charge >= 0.3 is 0 Å². The number of ether oxygens (including phenoxy) is 3. The van der Waals surface area contributed by atoms with Gasteiger partial charge in [-0.1, -0.05) is 48.0 Å². The fourth-order valence-corrected chi connectivity index (χ4v) is 5.27. The molecule has 4 aromatic carbocycles. The zero-order valence-electron chi connectivity index (χ0n) is 22.0. The summed E-state index contributed by atoms with van der Waals surface area (Å²) in [7, 11) is -1.24. The number of aryl methyl sites for hydroxylation is 1. The van der Waals surface area contributed by atoms with Crippen molar-refractivity contribution in [3.63, 3.8) is 0 Å². The van der Waals surface area contributed by atoms with Crippen molar-refractivity contribution in [3.05, 3.63) is 108 Å². The summed E-state index contributed by atoms with van der Waals surface area (Å²) in [6.45, 7) is 1.88. The molecule has 0 atom stereocenters. The molecule has 0 unspecified atom stereocenters. The molecule has 202 valence electrons. The largest absolute Gasteiger partial charge is 0.493 e. The number of carbonyl (C=O) groups is 1. The third-order valence-electron chi connectivity index (χ3n) is 5.94. The monoisotopic (exact) mass is 546 g/mol. The molecule has 0 aliphatic rings. The SMILES string of the molecule is COc1ccc(S(=O)(=O)N(CC(=O)Nc2ccc(OCc3ccccc3)cc2)c2ccc(C)cc2)cc1OC. The molecule has 0 bridgehead atoms. The van der Waals surface area contributed by atoms with Crippen LogP contribution in [-0.2, 0) is 21.4 Å². The minimum absolute atomic E-state index is 0.0338. The molecule has 0 aliphatic heterocycles. The smallest absolute Gasteiger partial charge is 0.264 e. The molecule has 0 aromatic heterocycles. The van der Waals surface area contributed by atoms with Crippen molar-refractivity contribution in [2.24, 2.45) is 0 Å². The third-order valence-corrected chi connectivity index (χ3v) is 7.71. The minimum Gasteiger partial charge on any atom is -0.493 e. The summed E-state index contributed by atoms with van der Waals surface area (Å²) in [4.78, 5) is 13.0. The van der Waals surface area contributed by atoms with E-state index in [1.165, 1.54) is 32.4 Å². The van der Waals surface area contributed by atoms with Gasteiger partial charge in [0.25, 0.3) is 10.0 Å². The molecule has 0 radical (unpaired) electrons. The second-order valence-electron chi connectivity index (χ2n) is 8.71. The van der Waals surface area contributed by atoms with E-state index >= 15 is 0 Å². The van der Waals surface area contributed by atoms with Crippen LogP contribution in [0, 0.1) is 6.92 Å². The summed E-state index contributed by atoms with van der Waals surface area (Å²) in [5, 5.41) is 2.77. The van der Waals surface area contributed by atoms with E-state index in [2.05, 4.69) is 5.32 Å². The van der Waals surface area contributed by atoms with E-state index in [9.17, 15) is 13.2 Å². The Kier molecular flexibility index (Phi) is 8.73. The number of sulfonamides is 1. The maximum atomic E-state index is 13.7. The number of hydrogen-bond acceptors (Lipinski definition) is 6. The molecule has 0 saturated carbocycles. The molecule has 0 aliphatic carbocycles. The van der Waals surface area contributed by atoms with Crippen LogP contribution in [0.3, 0.4) is 0 Å². The molecule has 39 heavy (non-hydrogen) atoms. The summed E-state index contributed by atoms with van der Waals surface area (Å²) >= 11 is 0. The highest BCUT2D eigenvalue weighted by molar-refractivity contribution is 7.92. The molecule has 1 N–H and O–H groups in total. The molecule has 9 heteroatoms. The topological polar surface area (TPSA) is 94.2 Å². The van der Waals surface area contributed by atoms with Crippen LogP contribution < -0.4 is 23.8 Å². The number of anilines is 2. The van der Waals surface area contributed by atoms with Crippen LogP contribution in [0.4, 0.5) is 11.4 Å². The van der Waals surface area contributed by atoms with E-state index in [1.54, 1.807) is 48.5 Å². The van der Waals surface area contributed by atoms with Crippen molar-refractivity contribution in [2.45, 2.75) is 18.4 Å². The number of hydrogen-bond donors (Lipinski definition) is 1. The summed E-state index contributed by atoms with van der Waals surface area (Å²) in [5.74, 6) is 0.806. The van der Waals surface area contributed by atoms with Crippen LogP contribution in [0.1, 0.15) is 11.1 Å². The normalized spacial score (nSPS) is 10.9. The number of amides is 1. The van der Waals surface area contributed by atoms with Crippen LogP contribution >= 0.6 is 0 Å². The van der Waals surface area contributed by atoms with Crippen molar-refractivity contribution in [1.29, 1.82) is 0 Å². The maximum Gasteiger partial charge on any atom is 0.264 e. The van der Waals surface area contributed by atoms with E-state index in [0.717, 1.165) is 15.4 Å². The van der Waals surface area contributed by atoms with Crippen molar-refractivity contribution in [1.82, 2.24) is 0 Å². The Morgan fingerprint density at radius 1 is 0.821 bits per heavy atom. The number of nitrogens with zero attached hydrogens (tertiary/aromatic N) is 1. The highest BCUT2D eigenvalue weighted by atomic mass is 32.2. The highest BCUT2D eigenvalue weighted by Gasteiger charge is 2.28. The Hall–Kier alpha value is -4.50. The first-order valence-corrected chi connectivity index (χ1v) is 13.6. The molecule has 1 amide bonds. The lowest BCUT2D eigenvalue weighted by molar-refractivity contribution is -0.114. The summed E-state index contributed by atoms with van der Waals surface area (Å²) in [5.41, 5.74) is 2.87. The van der Waals surface area contributed by atoms with Crippen molar-refractivity contribution >= 4 is 27.3 Å². The van der Waals surface area contributed by atoms with E-state index in [-0.39, 0.29) is 10.6 Å². The highest BCUT2D eigenvalue weighted by Crippen LogP contribution is 2.32. The lowest BCUT2D eigenvalue weighted by atomic mass is 10.2. The van der Waals surface area contributed by atoms with Crippen LogP contribution in [-0.4, -0.2) is 35.1 Å². The quantitative estimate of drug-likeness (QED) is 0.270. The van der Waals surface area contributed by atoms with E-state index in [4.69, 9.17) is 14.2 Å². The van der Waals surface area contributed by atoms with Gasteiger partial charge in [0.2, 0.25) is 5.91 Å². The molecule has 4 aromatic rings. The van der Waals surface area contributed by atoms with E-state index < -0.39 is 22.5 Å². The number of rotatable bonds is 11. The predicted molar refractivity (Wildman–Crippen MR) is 151 cm³/mol. The number of methoxy groups -OCH3 is 2. The third kappa shape index (κ3) is 6.88. The summed E-state index contributed by atoms with van der Waals surface area (Å²) < 4.78 is 44.9. The Balaban J connectivity index is 1.52. The van der Waals surface area contributed by atoms with Gasteiger partial charge in [-0.15, -0.1) is 0 Å². The Labute approximate surface area is 228 Å². The van der Waals surface area contributed by atoms with Gasteiger partial charge < -0.3 is 19.5 Å². The molecule has 4 rings (SSSR count). The van der Waals surface area contributed by atoms with Gasteiger partial charge in [-0.25, -0.2) is 8.42 Å². The van der Waals surface area contributed by atoms with Crippen LogP contribution in [0.25, 0.3) is 0 Å². The fraction of sp³-hybridized carbons (Fsp3) is 0.167.